The van der Waals surface area contributed by atoms with Gasteiger partial charge in [-0.2, -0.15) is 0 Å². The number of hydrogen-bond donors (Lipinski definition) is 1. The van der Waals surface area contributed by atoms with E-state index in [9.17, 15) is 9.90 Å². The number of phenols is 1. The van der Waals surface area contributed by atoms with Crippen molar-refractivity contribution in [2.24, 2.45) is 0 Å². The van der Waals surface area contributed by atoms with E-state index in [0.29, 0.717) is 35.8 Å². The van der Waals surface area contributed by atoms with Crippen LogP contribution in [0.1, 0.15) is 105 Å². The van der Waals surface area contributed by atoms with Gasteiger partial charge in [0.05, 0.1) is 33.0 Å². The van der Waals surface area contributed by atoms with E-state index in [4.69, 9.17) is 23.7 Å². The van der Waals surface area contributed by atoms with Crippen molar-refractivity contribution in [2.75, 3.05) is 27.4 Å². The molecule has 2 aromatic carbocycles. The Morgan fingerprint density at radius 1 is 0.978 bits per heavy atom. The number of hydrogen-bond acceptors (Lipinski definition) is 7. The van der Waals surface area contributed by atoms with Gasteiger partial charge in [-0.25, -0.2) is 0 Å². The summed E-state index contributed by atoms with van der Waals surface area (Å²) in [6.45, 7) is 11.5. The second kappa shape index (κ2) is 15.6. The number of rotatable bonds is 13. The zero-order valence-electron chi connectivity index (χ0n) is 28.1. The number of carbonyl (C=O) groups excluding carboxylic acids is 1. The lowest BCUT2D eigenvalue weighted by atomic mass is 9.84. The number of methoxy groups -OCH3 is 2. The molecule has 45 heavy (non-hydrogen) atoms. The van der Waals surface area contributed by atoms with Gasteiger partial charge in [-0.1, -0.05) is 35.4 Å². The van der Waals surface area contributed by atoms with Crippen LogP contribution in [0.4, 0.5) is 0 Å². The minimum atomic E-state index is -0.407. The fourth-order valence-corrected chi connectivity index (χ4v) is 6.06. The molecule has 2 aliphatic heterocycles. The van der Waals surface area contributed by atoms with Crippen LogP contribution >= 0.6 is 0 Å². The lowest BCUT2D eigenvalue weighted by Crippen LogP contribution is -2.37. The summed E-state index contributed by atoms with van der Waals surface area (Å²) in [5.74, 6) is 2.21. The predicted molar refractivity (Wildman–Crippen MR) is 178 cm³/mol. The van der Waals surface area contributed by atoms with Crippen molar-refractivity contribution in [3.63, 3.8) is 0 Å². The van der Waals surface area contributed by atoms with Gasteiger partial charge in [0.1, 0.15) is 17.1 Å². The first-order valence-electron chi connectivity index (χ1n) is 16.0. The minimum absolute atomic E-state index is 0.0861. The number of carbonyl (C=O) groups is 1. The van der Waals surface area contributed by atoms with Crippen LogP contribution in [0, 0.1) is 13.8 Å². The molecule has 0 bridgehead atoms. The number of phenolic OH excluding ortho intramolecular Hbond substituents is 1. The van der Waals surface area contributed by atoms with Crippen molar-refractivity contribution >= 4 is 6.29 Å². The molecule has 1 fully saturated rings. The molecule has 0 aliphatic carbocycles. The average molecular weight is 619 g/mol. The number of fused-ring (bicyclic) bond motifs is 1. The first kappa shape index (κ1) is 34.3. The van der Waals surface area contributed by atoms with Crippen LogP contribution in [0.15, 0.2) is 53.1 Å². The highest BCUT2D eigenvalue weighted by molar-refractivity contribution is 5.85. The van der Waals surface area contributed by atoms with Crippen LogP contribution in [0.2, 0.25) is 0 Å². The van der Waals surface area contributed by atoms with Crippen LogP contribution in [0.3, 0.4) is 0 Å². The Labute approximate surface area is 268 Å². The highest BCUT2D eigenvalue weighted by Gasteiger charge is 2.34. The van der Waals surface area contributed by atoms with Gasteiger partial charge in [0, 0.05) is 11.1 Å². The summed E-state index contributed by atoms with van der Waals surface area (Å²) < 4.78 is 29.2. The van der Waals surface area contributed by atoms with Gasteiger partial charge in [0.2, 0.25) is 0 Å². The maximum atomic E-state index is 11.7. The topological polar surface area (TPSA) is 83.5 Å². The van der Waals surface area contributed by atoms with E-state index in [1.807, 2.05) is 32.0 Å². The molecule has 4 rings (SSSR count). The summed E-state index contributed by atoms with van der Waals surface area (Å²) in [5.41, 5.74) is 7.44. The molecule has 0 spiro atoms. The van der Waals surface area contributed by atoms with Crippen molar-refractivity contribution in [1.29, 1.82) is 0 Å². The van der Waals surface area contributed by atoms with Gasteiger partial charge < -0.3 is 28.8 Å². The van der Waals surface area contributed by atoms with E-state index in [1.54, 1.807) is 14.2 Å². The quantitative estimate of drug-likeness (QED) is 0.177. The van der Waals surface area contributed by atoms with E-state index < -0.39 is 6.29 Å². The minimum Gasteiger partial charge on any atom is -0.507 e. The van der Waals surface area contributed by atoms with Crippen LogP contribution < -0.4 is 14.2 Å². The highest BCUT2D eigenvalue weighted by atomic mass is 16.7. The lowest BCUT2D eigenvalue weighted by Gasteiger charge is -2.37. The molecule has 2 aromatic rings. The van der Waals surface area contributed by atoms with Crippen LogP contribution in [-0.4, -0.2) is 44.4 Å². The van der Waals surface area contributed by atoms with E-state index >= 15 is 0 Å². The Kier molecular flexibility index (Phi) is 11.9. The van der Waals surface area contributed by atoms with Crippen molar-refractivity contribution < 1.29 is 33.6 Å². The Morgan fingerprint density at radius 2 is 1.64 bits per heavy atom. The molecule has 1 atom stereocenters. The molecule has 0 amide bonds. The van der Waals surface area contributed by atoms with E-state index in [1.165, 1.54) is 16.7 Å². The van der Waals surface area contributed by atoms with Crippen molar-refractivity contribution in [3.8, 4) is 23.0 Å². The van der Waals surface area contributed by atoms with Crippen molar-refractivity contribution in [3.05, 3.63) is 81.0 Å². The fraction of sp³-hybridized carbons (Fsp3) is 0.500. The average Bonchev–Trinajstić information content (AvgIpc) is 3.04. The smallest absolute Gasteiger partial charge is 0.184 e. The van der Waals surface area contributed by atoms with Crippen molar-refractivity contribution in [2.45, 2.75) is 97.9 Å². The molecule has 1 unspecified atom stereocenters. The molecule has 1 N–H and O–H groups in total. The summed E-state index contributed by atoms with van der Waals surface area (Å²) in [6.07, 6.45) is 14.7. The maximum absolute atomic E-state index is 11.7. The third kappa shape index (κ3) is 8.59. The molecule has 0 aromatic heterocycles. The Hall–Kier alpha value is -3.55. The Balaban J connectivity index is 1.18. The summed E-state index contributed by atoms with van der Waals surface area (Å²) in [6, 6.07) is 5.71. The SMILES string of the molecule is COc1ccc(C2OCC(=CCC/C(C)=C/CC/C(C)=C/CCC3(C)CCc4c(C=O)c(O)c(C)c(C)c4O3)CO2)cc1OC. The normalized spacial score (nSPS) is 20.3. The Bertz CT molecular complexity index is 1440. The summed E-state index contributed by atoms with van der Waals surface area (Å²) in [7, 11) is 3.24. The third-order valence-corrected chi connectivity index (χ3v) is 9.17. The van der Waals surface area contributed by atoms with Gasteiger partial charge in [-0.15, -0.1) is 0 Å². The molecular formula is C38H50O7. The molecule has 0 radical (unpaired) electrons. The number of aldehydes is 1. The second-order valence-electron chi connectivity index (χ2n) is 12.6. The van der Waals surface area contributed by atoms with E-state index in [-0.39, 0.29) is 11.4 Å². The molecule has 2 aliphatic rings. The molecule has 7 nitrogen and oxygen atoms in total. The Morgan fingerprint density at radius 3 is 2.31 bits per heavy atom. The van der Waals surface area contributed by atoms with Gasteiger partial charge in [0.25, 0.3) is 0 Å². The van der Waals surface area contributed by atoms with Gasteiger partial charge in [-0.05, 0) is 115 Å². The number of aromatic hydroxyl groups is 1. The van der Waals surface area contributed by atoms with Crippen molar-refractivity contribution in [1.82, 2.24) is 0 Å². The number of ether oxygens (including phenoxy) is 5. The predicted octanol–water partition coefficient (Wildman–Crippen LogP) is 8.83. The molecule has 0 saturated carbocycles. The zero-order chi connectivity index (χ0) is 32.6. The second-order valence-corrected chi connectivity index (χ2v) is 12.6. The lowest BCUT2D eigenvalue weighted by molar-refractivity contribution is -0.161. The number of allylic oxidation sites excluding steroid dienone is 5. The molecular weight excluding hydrogens is 568 g/mol. The van der Waals surface area contributed by atoms with Gasteiger partial charge >= 0.3 is 0 Å². The first-order valence-corrected chi connectivity index (χ1v) is 16.0. The largest absolute Gasteiger partial charge is 0.507 e. The third-order valence-electron chi connectivity index (χ3n) is 9.17. The summed E-state index contributed by atoms with van der Waals surface area (Å²) >= 11 is 0. The molecule has 1 saturated heterocycles. The molecule has 244 valence electrons. The zero-order valence-corrected chi connectivity index (χ0v) is 28.1. The van der Waals surface area contributed by atoms with Crippen LogP contribution in [0.25, 0.3) is 0 Å². The van der Waals surface area contributed by atoms with E-state index in [2.05, 4.69) is 39.0 Å². The first-order chi connectivity index (χ1) is 21.6. The van der Waals surface area contributed by atoms with Crippen LogP contribution in [0.5, 0.6) is 23.0 Å². The summed E-state index contributed by atoms with van der Waals surface area (Å²) in [5, 5.41) is 10.4. The highest BCUT2D eigenvalue weighted by Crippen LogP contribution is 2.44. The van der Waals surface area contributed by atoms with Gasteiger partial charge in [-0.3, -0.25) is 4.79 Å². The summed E-state index contributed by atoms with van der Waals surface area (Å²) in [4.78, 5) is 11.7. The number of benzene rings is 2. The standard InChI is InChI=1S/C38H50O7/c1-25(13-9-15-29-23-43-37(44-24-29)30-16-17-33(41-6)34(21-30)42-7)11-8-12-26(2)14-10-19-38(5)20-18-31-32(22-39)35(40)27(3)28(4)36(31)45-38/h11,14-17,21-22,37,40H,8-10,12-13,18-20,23-24H2,1-7H3/b25-11+,26-14+,29-15?. The molecule has 7 heteroatoms. The molecule has 2 heterocycles. The van der Waals surface area contributed by atoms with Crippen LogP contribution in [-0.2, 0) is 15.9 Å². The van der Waals surface area contributed by atoms with E-state index in [0.717, 1.165) is 80.1 Å². The van der Waals surface area contributed by atoms with Gasteiger partial charge in [0.15, 0.2) is 24.1 Å². The maximum Gasteiger partial charge on any atom is 0.184 e. The fourth-order valence-electron chi connectivity index (χ4n) is 6.06. The monoisotopic (exact) mass is 618 g/mol.